The number of nitrogens with one attached hydrogen (secondary N) is 1. The largest absolute Gasteiger partial charge is 0.478 e. The van der Waals surface area contributed by atoms with Gasteiger partial charge in [0.25, 0.3) is 5.91 Å². The highest BCUT2D eigenvalue weighted by atomic mass is 16.4. The Bertz CT molecular complexity index is 693. The van der Waals surface area contributed by atoms with Crippen LogP contribution in [0.1, 0.15) is 45.1 Å². The summed E-state index contributed by atoms with van der Waals surface area (Å²) in [6.07, 6.45) is 3.00. The number of carbonyl (C=O) groups is 2. The molecule has 110 valence electrons. The van der Waals surface area contributed by atoms with E-state index in [4.69, 9.17) is 5.11 Å². The molecule has 2 heterocycles. The summed E-state index contributed by atoms with van der Waals surface area (Å²) in [5.74, 6) is -1.52. The van der Waals surface area contributed by atoms with Crippen molar-refractivity contribution in [3.63, 3.8) is 0 Å². The van der Waals surface area contributed by atoms with Gasteiger partial charge >= 0.3 is 5.97 Å². The minimum Gasteiger partial charge on any atom is -0.478 e. The molecule has 0 saturated heterocycles. The number of aromatic nitrogens is 3. The van der Waals surface area contributed by atoms with Crippen LogP contribution >= 0.6 is 0 Å². The van der Waals surface area contributed by atoms with Gasteiger partial charge in [-0.15, -0.1) is 0 Å². The second kappa shape index (κ2) is 5.74. The first-order valence-electron chi connectivity index (χ1n) is 6.39. The van der Waals surface area contributed by atoms with E-state index >= 15 is 0 Å². The number of aromatic carboxylic acids is 1. The van der Waals surface area contributed by atoms with Crippen molar-refractivity contribution in [3.8, 4) is 0 Å². The van der Waals surface area contributed by atoms with E-state index in [1.165, 1.54) is 18.3 Å². The van der Waals surface area contributed by atoms with Gasteiger partial charge in [-0.3, -0.25) is 14.5 Å². The summed E-state index contributed by atoms with van der Waals surface area (Å²) in [5.41, 5.74) is 1.96. The highest BCUT2D eigenvalue weighted by molar-refractivity contribution is 5.95. The Hall–Kier alpha value is -2.70. The molecule has 2 aromatic heterocycles. The third-order valence-electron chi connectivity index (χ3n) is 3.33. The second-order valence-corrected chi connectivity index (χ2v) is 4.74. The maximum Gasteiger partial charge on any atom is 0.335 e. The Kier molecular flexibility index (Phi) is 4.02. The highest BCUT2D eigenvalue weighted by Gasteiger charge is 2.17. The van der Waals surface area contributed by atoms with Gasteiger partial charge in [0.15, 0.2) is 0 Å². The summed E-state index contributed by atoms with van der Waals surface area (Å²) in [6.45, 7) is 3.75. The molecule has 2 N–H and O–H groups in total. The van der Waals surface area contributed by atoms with Crippen LogP contribution in [0.25, 0.3) is 0 Å². The fourth-order valence-corrected chi connectivity index (χ4v) is 1.98. The van der Waals surface area contributed by atoms with Crippen LogP contribution in [0.2, 0.25) is 0 Å². The van der Waals surface area contributed by atoms with Gasteiger partial charge < -0.3 is 10.4 Å². The van der Waals surface area contributed by atoms with Crippen LogP contribution in [-0.4, -0.2) is 31.7 Å². The summed E-state index contributed by atoms with van der Waals surface area (Å²) in [4.78, 5) is 26.9. The first-order valence-corrected chi connectivity index (χ1v) is 6.39. The number of aryl methyl sites for hydroxylation is 1. The molecule has 0 aromatic carbocycles. The van der Waals surface area contributed by atoms with Crippen molar-refractivity contribution >= 4 is 11.9 Å². The van der Waals surface area contributed by atoms with Crippen LogP contribution in [0.3, 0.4) is 0 Å². The van der Waals surface area contributed by atoms with Gasteiger partial charge in [-0.2, -0.15) is 5.10 Å². The molecule has 0 radical (unpaired) electrons. The van der Waals surface area contributed by atoms with Crippen LogP contribution in [0.15, 0.2) is 24.5 Å². The lowest BCUT2D eigenvalue weighted by atomic mass is 10.1. The van der Waals surface area contributed by atoms with Crippen molar-refractivity contribution in [1.29, 1.82) is 0 Å². The molecule has 0 spiro atoms. The minimum atomic E-state index is -1.09. The van der Waals surface area contributed by atoms with Gasteiger partial charge in [0.2, 0.25) is 0 Å². The summed E-state index contributed by atoms with van der Waals surface area (Å²) >= 11 is 0. The van der Waals surface area contributed by atoms with Crippen molar-refractivity contribution in [2.45, 2.75) is 19.9 Å². The van der Waals surface area contributed by atoms with E-state index in [0.29, 0.717) is 0 Å². The third kappa shape index (κ3) is 3.07. The molecule has 0 fully saturated rings. The number of hydrogen-bond acceptors (Lipinski definition) is 4. The lowest BCUT2D eigenvalue weighted by Gasteiger charge is -2.13. The molecule has 0 aliphatic rings. The van der Waals surface area contributed by atoms with Gasteiger partial charge in [0, 0.05) is 24.5 Å². The standard InChI is InChI=1S/C14H16N4O3/c1-8(11-7-16-18(3)9(11)2)17-13(19)12-6-10(14(20)21)4-5-15-12/h4-8H,1-3H3,(H,17,19)(H,20,21). The van der Waals surface area contributed by atoms with Gasteiger partial charge in [0.05, 0.1) is 17.8 Å². The van der Waals surface area contributed by atoms with Crippen LogP contribution in [0.5, 0.6) is 0 Å². The molecule has 7 heteroatoms. The Morgan fingerprint density at radius 3 is 2.71 bits per heavy atom. The van der Waals surface area contributed by atoms with Crippen LogP contribution in [0.4, 0.5) is 0 Å². The predicted octanol–water partition coefficient (Wildman–Crippen LogP) is 1.31. The average molecular weight is 288 g/mol. The SMILES string of the molecule is Cc1c(C(C)NC(=O)c2cc(C(=O)O)ccn2)cnn1C. The lowest BCUT2D eigenvalue weighted by molar-refractivity contribution is 0.0696. The quantitative estimate of drug-likeness (QED) is 0.884. The van der Waals surface area contributed by atoms with Crippen LogP contribution < -0.4 is 5.32 Å². The summed E-state index contributed by atoms with van der Waals surface area (Å²) < 4.78 is 1.72. The fraction of sp³-hybridized carbons (Fsp3) is 0.286. The molecule has 1 unspecified atom stereocenters. The van der Waals surface area contributed by atoms with E-state index in [1.54, 1.807) is 10.9 Å². The Morgan fingerprint density at radius 2 is 2.14 bits per heavy atom. The molecule has 0 bridgehead atoms. The van der Waals surface area contributed by atoms with Gasteiger partial charge in [0.1, 0.15) is 5.69 Å². The number of nitrogens with zero attached hydrogens (tertiary/aromatic N) is 3. The van der Waals surface area contributed by atoms with Crippen molar-refractivity contribution < 1.29 is 14.7 Å². The second-order valence-electron chi connectivity index (χ2n) is 4.74. The number of hydrogen-bond donors (Lipinski definition) is 2. The predicted molar refractivity (Wildman–Crippen MR) is 75.0 cm³/mol. The number of carbonyl (C=O) groups excluding carboxylic acids is 1. The number of rotatable bonds is 4. The van der Waals surface area contributed by atoms with Gasteiger partial charge in [-0.05, 0) is 26.0 Å². The molecule has 0 saturated carbocycles. The molecular formula is C14H16N4O3. The van der Waals surface area contributed by atoms with Gasteiger partial charge in [-0.25, -0.2) is 4.79 Å². The molecule has 2 aromatic rings. The normalized spacial score (nSPS) is 12.0. The molecule has 0 aliphatic carbocycles. The number of pyridine rings is 1. The molecule has 21 heavy (non-hydrogen) atoms. The third-order valence-corrected chi connectivity index (χ3v) is 3.33. The van der Waals surface area contributed by atoms with Crippen molar-refractivity contribution in [1.82, 2.24) is 20.1 Å². The first-order chi connectivity index (χ1) is 9.90. The zero-order chi connectivity index (χ0) is 15.6. The number of carboxylic acids is 1. The molecule has 1 amide bonds. The summed E-state index contributed by atoms with van der Waals surface area (Å²) in [7, 11) is 1.82. The number of amides is 1. The van der Waals surface area contributed by atoms with E-state index in [1.807, 2.05) is 20.9 Å². The van der Waals surface area contributed by atoms with Gasteiger partial charge in [-0.1, -0.05) is 0 Å². The summed E-state index contributed by atoms with van der Waals surface area (Å²) in [6, 6.07) is 2.34. The maximum absolute atomic E-state index is 12.1. The average Bonchev–Trinajstić information content (AvgIpc) is 2.79. The van der Waals surface area contributed by atoms with Crippen molar-refractivity contribution in [3.05, 3.63) is 47.0 Å². The summed E-state index contributed by atoms with van der Waals surface area (Å²) in [5, 5.41) is 15.8. The zero-order valence-corrected chi connectivity index (χ0v) is 12.0. The fourth-order valence-electron chi connectivity index (χ4n) is 1.98. The smallest absolute Gasteiger partial charge is 0.335 e. The van der Waals surface area contributed by atoms with E-state index in [2.05, 4.69) is 15.4 Å². The molecular weight excluding hydrogens is 272 g/mol. The van der Waals surface area contributed by atoms with E-state index < -0.39 is 11.9 Å². The van der Waals surface area contributed by atoms with Crippen LogP contribution in [-0.2, 0) is 7.05 Å². The van der Waals surface area contributed by atoms with Crippen LogP contribution in [0, 0.1) is 6.92 Å². The van der Waals surface area contributed by atoms with E-state index in [9.17, 15) is 9.59 Å². The highest BCUT2D eigenvalue weighted by Crippen LogP contribution is 2.16. The Morgan fingerprint density at radius 1 is 1.43 bits per heavy atom. The lowest BCUT2D eigenvalue weighted by Crippen LogP contribution is -2.28. The van der Waals surface area contributed by atoms with Crippen molar-refractivity contribution in [2.24, 2.45) is 7.05 Å². The molecule has 0 aliphatic heterocycles. The number of carboxylic acid groups (broad SMARTS) is 1. The molecule has 1 atom stereocenters. The Balaban J connectivity index is 2.16. The molecule has 7 nitrogen and oxygen atoms in total. The first kappa shape index (κ1) is 14.7. The monoisotopic (exact) mass is 288 g/mol. The van der Waals surface area contributed by atoms with Crippen molar-refractivity contribution in [2.75, 3.05) is 0 Å². The van der Waals surface area contributed by atoms with E-state index in [-0.39, 0.29) is 17.3 Å². The minimum absolute atomic E-state index is 0.0281. The zero-order valence-electron chi connectivity index (χ0n) is 12.0. The topological polar surface area (TPSA) is 97.1 Å². The van der Waals surface area contributed by atoms with E-state index in [0.717, 1.165) is 11.3 Å². The molecule has 2 rings (SSSR count). The maximum atomic E-state index is 12.1. The Labute approximate surface area is 121 Å².